The highest BCUT2D eigenvalue weighted by atomic mass is 16.2. The van der Waals surface area contributed by atoms with Crippen LogP contribution < -0.4 is 15.5 Å². The molecule has 2 N–H and O–H groups in total. The number of fused-ring (bicyclic) bond motifs is 1. The zero-order chi connectivity index (χ0) is 22.8. The third-order valence-electron chi connectivity index (χ3n) is 6.73. The van der Waals surface area contributed by atoms with Crippen molar-refractivity contribution < 1.29 is 9.59 Å². The van der Waals surface area contributed by atoms with Crippen LogP contribution in [0.5, 0.6) is 0 Å². The van der Waals surface area contributed by atoms with Gasteiger partial charge in [0.15, 0.2) is 0 Å². The zero-order valence-corrected chi connectivity index (χ0v) is 18.9. The molecule has 2 aromatic rings. The first-order chi connectivity index (χ1) is 15.4. The number of hydrogen-bond acceptors (Lipinski definition) is 4. The number of anilines is 1. The van der Waals surface area contributed by atoms with Crippen molar-refractivity contribution in [3.05, 3.63) is 53.6 Å². The van der Waals surface area contributed by atoms with Gasteiger partial charge in [0.25, 0.3) is 0 Å². The minimum Gasteiger partial charge on any atom is -0.339 e. The van der Waals surface area contributed by atoms with E-state index in [2.05, 4.69) is 36.6 Å². The average Bonchev–Trinajstić information content (AvgIpc) is 3.08. The summed E-state index contributed by atoms with van der Waals surface area (Å²) in [5.74, 6) is 0.279. The van der Waals surface area contributed by atoms with E-state index in [1.165, 1.54) is 0 Å². The van der Waals surface area contributed by atoms with Crippen molar-refractivity contribution in [3.8, 4) is 17.2 Å². The van der Waals surface area contributed by atoms with Gasteiger partial charge in [0.2, 0.25) is 11.8 Å². The lowest BCUT2D eigenvalue weighted by molar-refractivity contribution is -0.125. The number of nitrogens with zero attached hydrogens (tertiary/aromatic N) is 2. The minimum atomic E-state index is -0.568. The van der Waals surface area contributed by atoms with E-state index in [1.807, 2.05) is 36.4 Å². The molecular weight excluding hydrogens is 400 g/mol. The summed E-state index contributed by atoms with van der Waals surface area (Å²) in [5.41, 5.74) is 5.14. The van der Waals surface area contributed by atoms with Crippen molar-refractivity contribution in [1.29, 1.82) is 5.26 Å². The summed E-state index contributed by atoms with van der Waals surface area (Å²) in [6, 6.07) is 15.9. The molecule has 1 fully saturated rings. The average molecular weight is 431 g/mol. The van der Waals surface area contributed by atoms with Crippen LogP contribution in [0.1, 0.15) is 37.8 Å². The van der Waals surface area contributed by atoms with Crippen molar-refractivity contribution in [1.82, 2.24) is 10.6 Å². The van der Waals surface area contributed by atoms with E-state index in [9.17, 15) is 14.9 Å². The van der Waals surface area contributed by atoms with Crippen LogP contribution in [0.15, 0.2) is 42.5 Å². The van der Waals surface area contributed by atoms with Crippen LogP contribution in [0, 0.1) is 17.2 Å². The zero-order valence-electron chi connectivity index (χ0n) is 18.9. The first-order valence-electron chi connectivity index (χ1n) is 11.3. The van der Waals surface area contributed by atoms with Crippen LogP contribution in [-0.4, -0.2) is 37.0 Å². The lowest BCUT2D eigenvalue weighted by atomic mass is 9.88. The van der Waals surface area contributed by atoms with Gasteiger partial charge in [-0.2, -0.15) is 5.26 Å². The number of rotatable bonds is 5. The molecule has 166 valence electrons. The summed E-state index contributed by atoms with van der Waals surface area (Å²) < 4.78 is 0. The lowest BCUT2D eigenvalue weighted by Gasteiger charge is -2.33. The first-order valence-corrected chi connectivity index (χ1v) is 11.3. The molecule has 0 radical (unpaired) electrons. The van der Waals surface area contributed by atoms with Crippen molar-refractivity contribution in [2.45, 2.75) is 57.7 Å². The molecule has 0 aromatic heterocycles. The van der Waals surface area contributed by atoms with Crippen LogP contribution in [0.4, 0.5) is 5.69 Å². The maximum absolute atomic E-state index is 12.7. The summed E-state index contributed by atoms with van der Waals surface area (Å²) in [6.07, 6.45) is 2.98. The molecule has 4 atom stereocenters. The second-order valence-electron chi connectivity index (χ2n) is 9.16. The first kappa shape index (κ1) is 22.0. The number of amides is 2. The normalized spacial score (nSPS) is 23.4. The fourth-order valence-corrected chi connectivity index (χ4v) is 4.68. The standard InChI is InChI=1S/C26H30N4O2/c1-16-4-5-17(2)28-25(16)26(32)29-22(15-27)12-18-6-8-19(9-7-18)20-10-11-23-21(13-20)14-24(31)30(23)3/h6-11,13,16-17,22,25,28H,4-5,12,14H2,1-3H3,(H,29,32)/t16-,17+,22+,25+/m1/s1. The molecule has 6 nitrogen and oxygen atoms in total. The quantitative estimate of drug-likeness (QED) is 0.763. The number of benzene rings is 2. The maximum atomic E-state index is 12.7. The molecule has 2 heterocycles. The predicted octanol–water partition coefficient (Wildman–Crippen LogP) is 3.20. The van der Waals surface area contributed by atoms with Crippen LogP contribution in [0.25, 0.3) is 11.1 Å². The Morgan fingerprint density at radius 2 is 1.91 bits per heavy atom. The fraction of sp³-hybridized carbons (Fsp3) is 0.423. The highest BCUT2D eigenvalue weighted by molar-refractivity contribution is 6.01. The molecule has 0 spiro atoms. The summed E-state index contributed by atoms with van der Waals surface area (Å²) in [4.78, 5) is 26.4. The molecule has 2 aromatic carbocycles. The molecule has 2 aliphatic heterocycles. The Labute approximate surface area is 189 Å². The van der Waals surface area contributed by atoms with Gasteiger partial charge in [-0.15, -0.1) is 0 Å². The van der Waals surface area contributed by atoms with E-state index >= 15 is 0 Å². The molecule has 6 heteroatoms. The van der Waals surface area contributed by atoms with Crippen molar-refractivity contribution in [2.75, 3.05) is 11.9 Å². The number of nitriles is 1. The maximum Gasteiger partial charge on any atom is 0.238 e. The minimum absolute atomic E-state index is 0.0927. The number of piperidine rings is 1. The summed E-state index contributed by atoms with van der Waals surface area (Å²) in [5, 5.41) is 15.9. The molecular formula is C26H30N4O2. The number of carbonyl (C=O) groups excluding carboxylic acids is 2. The number of nitrogens with one attached hydrogen (secondary N) is 2. The van der Waals surface area contributed by atoms with Gasteiger partial charge >= 0.3 is 0 Å². The molecule has 4 rings (SSSR count). The number of carbonyl (C=O) groups is 2. The second-order valence-corrected chi connectivity index (χ2v) is 9.16. The van der Waals surface area contributed by atoms with Crippen LogP contribution in [0.3, 0.4) is 0 Å². The van der Waals surface area contributed by atoms with Crippen molar-refractivity contribution in [3.63, 3.8) is 0 Å². The smallest absolute Gasteiger partial charge is 0.238 e. The van der Waals surface area contributed by atoms with Gasteiger partial charge in [0, 0.05) is 25.2 Å². The Morgan fingerprint density at radius 1 is 1.19 bits per heavy atom. The largest absolute Gasteiger partial charge is 0.339 e. The molecule has 0 aliphatic carbocycles. The molecule has 2 amide bonds. The molecule has 0 unspecified atom stereocenters. The fourth-order valence-electron chi connectivity index (χ4n) is 4.68. The van der Waals surface area contributed by atoms with Crippen LogP contribution in [0.2, 0.25) is 0 Å². The predicted molar refractivity (Wildman–Crippen MR) is 125 cm³/mol. The Hall–Kier alpha value is -3.17. The SMILES string of the molecule is C[C@@H]1CC[C@H](C)N[C@@H]1C(=O)N[C@H](C#N)Cc1ccc(-c2ccc3c(c2)CC(=O)N3C)cc1. The van der Waals surface area contributed by atoms with E-state index in [1.54, 1.807) is 11.9 Å². The second kappa shape index (κ2) is 9.13. The van der Waals surface area contributed by atoms with Gasteiger partial charge in [-0.05, 0) is 60.1 Å². The van der Waals surface area contributed by atoms with Gasteiger partial charge in [-0.3, -0.25) is 9.59 Å². The highest BCUT2D eigenvalue weighted by Gasteiger charge is 2.31. The number of hydrogen-bond donors (Lipinski definition) is 2. The molecule has 32 heavy (non-hydrogen) atoms. The monoisotopic (exact) mass is 430 g/mol. The van der Waals surface area contributed by atoms with E-state index < -0.39 is 6.04 Å². The van der Waals surface area contributed by atoms with Gasteiger partial charge in [-0.25, -0.2) is 0 Å². The topological polar surface area (TPSA) is 85.2 Å². The van der Waals surface area contributed by atoms with Crippen molar-refractivity contribution in [2.24, 2.45) is 5.92 Å². The lowest BCUT2D eigenvalue weighted by Crippen LogP contribution is -2.55. The molecule has 1 saturated heterocycles. The van der Waals surface area contributed by atoms with E-state index in [0.717, 1.165) is 40.8 Å². The van der Waals surface area contributed by atoms with E-state index in [0.29, 0.717) is 18.9 Å². The Bertz CT molecular complexity index is 1060. The van der Waals surface area contributed by atoms with Gasteiger partial charge in [0.05, 0.1) is 18.5 Å². The molecule has 0 bridgehead atoms. The van der Waals surface area contributed by atoms with E-state index in [-0.39, 0.29) is 23.8 Å². The van der Waals surface area contributed by atoms with Gasteiger partial charge in [0.1, 0.15) is 6.04 Å². The third-order valence-corrected chi connectivity index (χ3v) is 6.73. The van der Waals surface area contributed by atoms with Gasteiger partial charge < -0.3 is 15.5 Å². The van der Waals surface area contributed by atoms with Gasteiger partial charge in [-0.1, -0.05) is 37.3 Å². The summed E-state index contributed by atoms with van der Waals surface area (Å²) in [7, 11) is 1.80. The third kappa shape index (κ3) is 4.53. The molecule has 0 saturated carbocycles. The summed E-state index contributed by atoms with van der Waals surface area (Å²) >= 11 is 0. The van der Waals surface area contributed by atoms with E-state index in [4.69, 9.17) is 0 Å². The highest BCUT2D eigenvalue weighted by Crippen LogP contribution is 2.32. The molecule has 2 aliphatic rings. The Balaban J connectivity index is 1.41. The van der Waals surface area contributed by atoms with Crippen LogP contribution in [-0.2, 0) is 22.4 Å². The Kier molecular flexibility index (Phi) is 6.29. The number of likely N-dealkylation sites (N-methyl/N-ethyl adjacent to an activating group) is 1. The Morgan fingerprint density at radius 3 is 2.62 bits per heavy atom. The van der Waals surface area contributed by atoms with Crippen LogP contribution >= 0.6 is 0 Å². The van der Waals surface area contributed by atoms with Crippen molar-refractivity contribution >= 4 is 17.5 Å². The summed E-state index contributed by atoms with van der Waals surface area (Å²) in [6.45, 7) is 4.17.